The smallest absolute Gasteiger partial charge is 0.355 e. The zero-order valence-electron chi connectivity index (χ0n) is 16.0. The minimum Gasteiger partial charge on any atom is -0.456 e. The van der Waals surface area contributed by atoms with Crippen molar-refractivity contribution in [2.75, 3.05) is 6.79 Å². The Kier molecular flexibility index (Phi) is 5.75. The molecule has 0 saturated carbocycles. The maximum absolute atomic E-state index is 12.8. The van der Waals surface area contributed by atoms with E-state index in [0.29, 0.717) is 22.6 Å². The first-order chi connectivity index (χ1) is 14.7. The molecule has 4 rings (SSSR count). The van der Waals surface area contributed by atoms with Gasteiger partial charge < -0.3 is 19.5 Å². The summed E-state index contributed by atoms with van der Waals surface area (Å²) in [6.07, 6.45) is 1.55. The second kappa shape index (κ2) is 8.96. The molecule has 1 N–H and O–H groups in total. The number of hydrogen-bond donors (Lipinski definition) is 1. The van der Waals surface area contributed by atoms with Crippen LogP contribution >= 0.6 is 0 Å². The number of nitrogens with one attached hydrogen (secondary N) is 1. The number of rotatable bonds is 6. The summed E-state index contributed by atoms with van der Waals surface area (Å²) in [6, 6.07) is 23.2. The van der Waals surface area contributed by atoms with Crippen molar-refractivity contribution in [3.8, 4) is 11.5 Å². The van der Waals surface area contributed by atoms with Crippen molar-refractivity contribution in [1.82, 2.24) is 5.32 Å². The maximum atomic E-state index is 12.8. The molecule has 1 amide bonds. The van der Waals surface area contributed by atoms with E-state index in [0.717, 1.165) is 5.56 Å². The molecule has 3 aromatic carbocycles. The molecule has 0 spiro atoms. The third-order valence-electron chi connectivity index (χ3n) is 4.42. The topological polar surface area (TPSA) is 73.9 Å². The van der Waals surface area contributed by atoms with Gasteiger partial charge >= 0.3 is 5.97 Å². The molecule has 1 heterocycles. The zero-order valence-corrected chi connectivity index (χ0v) is 16.0. The maximum Gasteiger partial charge on any atom is 0.355 e. The molecular formula is C24H19NO5. The minimum absolute atomic E-state index is 0.0265. The third-order valence-corrected chi connectivity index (χ3v) is 4.42. The second-order valence-electron chi connectivity index (χ2n) is 6.55. The molecule has 0 bridgehead atoms. The summed E-state index contributed by atoms with van der Waals surface area (Å²) in [6.45, 7) is 0.249. The highest BCUT2D eigenvalue weighted by Crippen LogP contribution is 2.33. The van der Waals surface area contributed by atoms with Crippen molar-refractivity contribution in [2.45, 2.75) is 6.61 Å². The number of amides is 1. The number of esters is 1. The lowest BCUT2D eigenvalue weighted by Crippen LogP contribution is -2.28. The van der Waals surface area contributed by atoms with Crippen LogP contribution in [0.5, 0.6) is 11.5 Å². The Morgan fingerprint density at radius 1 is 0.900 bits per heavy atom. The van der Waals surface area contributed by atoms with Crippen LogP contribution in [0.3, 0.4) is 0 Å². The van der Waals surface area contributed by atoms with Gasteiger partial charge in [0.1, 0.15) is 12.3 Å². The third kappa shape index (κ3) is 4.67. The van der Waals surface area contributed by atoms with Gasteiger partial charge in [0.2, 0.25) is 6.79 Å². The Balaban J connectivity index is 1.56. The summed E-state index contributed by atoms with van der Waals surface area (Å²) in [5.74, 6) is 0.170. The fourth-order valence-electron chi connectivity index (χ4n) is 2.90. The number of hydrogen-bond acceptors (Lipinski definition) is 5. The average molecular weight is 401 g/mol. The van der Waals surface area contributed by atoms with E-state index < -0.39 is 11.9 Å². The van der Waals surface area contributed by atoms with Crippen molar-refractivity contribution in [1.29, 1.82) is 0 Å². The summed E-state index contributed by atoms with van der Waals surface area (Å²) in [7, 11) is 0. The number of carbonyl (C=O) groups is 2. The van der Waals surface area contributed by atoms with Gasteiger partial charge in [-0.15, -0.1) is 0 Å². The predicted molar refractivity (Wildman–Crippen MR) is 111 cm³/mol. The van der Waals surface area contributed by atoms with E-state index >= 15 is 0 Å². The first kappa shape index (κ1) is 19.3. The summed E-state index contributed by atoms with van der Waals surface area (Å²) in [5.41, 5.74) is 1.98. The molecule has 0 aliphatic carbocycles. The lowest BCUT2D eigenvalue weighted by molar-refractivity contribution is -0.140. The zero-order chi connectivity index (χ0) is 20.8. The van der Waals surface area contributed by atoms with Crippen LogP contribution in [0, 0.1) is 0 Å². The summed E-state index contributed by atoms with van der Waals surface area (Å²) in [4.78, 5) is 25.4. The van der Waals surface area contributed by atoms with Crippen LogP contribution in [0.1, 0.15) is 21.5 Å². The van der Waals surface area contributed by atoms with Crippen LogP contribution in [0.15, 0.2) is 84.6 Å². The average Bonchev–Trinajstić information content (AvgIpc) is 3.26. The highest BCUT2D eigenvalue weighted by atomic mass is 16.7. The molecule has 0 atom stereocenters. The first-order valence-corrected chi connectivity index (χ1v) is 9.38. The monoisotopic (exact) mass is 401 g/mol. The predicted octanol–water partition coefficient (Wildman–Crippen LogP) is 3.93. The number of carbonyl (C=O) groups excluding carboxylic acids is 2. The molecule has 6 nitrogen and oxygen atoms in total. The SMILES string of the molecule is O=C(OCc1ccccc1)/C(=C/c1ccc2c(c1)OCO2)NC(=O)c1ccccc1. The lowest BCUT2D eigenvalue weighted by atomic mass is 10.1. The van der Waals surface area contributed by atoms with Crippen molar-refractivity contribution >= 4 is 18.0 Å². The standard InChI is InChI=1S/C24H19NO5/c26-23(19-9-5-2-6-10-19)25-20(24(27)28-15-17-7-3-1-4-8-17)13-18-11-12-21-22(14-18)30-16-29-21/h1-14H,15-16H2,(H,25,26)/b20-13-. The van der Waals surface area contributed by atoms with Gasteiger partial charge in [-0.2, -0.15) is 0 Å². The minimum atomic E-state index is -0.638. The molecular weight excluding hydrogens is 382 g/mol. The molecule has 30 heavy (non-hydrogen) atoms. The van der Waals surface area contributed by atoms with Crippen LogP contribution in [-0.4, -0.2) is 18.7 Å². The van der Waals surface area contributed by atoms with Gasteiger partial charge in [0.05, 0.1) is 0 Å². The Labute approximate surface area is 173 Å². The molecule has 0 saturated heterocycles. The second-order valence-corrected chi connectivity index (χ2v) is 6.55. The highest BCUT2D eigenvalue weighted by molar-refractivity contribution is 6.03. The van der Waals surface area contributed by atoms with Gasteiger partial charge in [0.15, 0.2) is 11.5 Å². The Bertz CT molecular complexity index is 1080. The Hall–Kier alpha value is -4.06. The van der Waals surface area contributed by atoms with Crippen LogP contribution in [-0.2, 0) is 16.1 Å². The molecule has 1 aliphatic heterocycles. The van der Waals surface area contributed by atoms with Crippen LogP contribution < -0.4 is 14.8 Å². The van der Waals surface area contributed by atoms with E-state index in [1.807, 2.05) is 36.4 Å². The van der Waals surface area contributed by atoms with Gasteiger partial charge in [-0.3, -0.25) is 4.79 Å². The van der Waals surface area contributed by atoms with E-state index in [2.05, 4.69) is 5.32 Å². The summed E-state index contributed by atoms with van der Waals surface area (Å²) >= 11 is 0. The molecule has 3 aromatic rings. The number of fused-ring (bicyclic) bond motifs is 1. The Morgan fingerprint density at radius 3 is 2.37 bits per heavy atom. The van der Waals surface area contributed by atoms with E-state index in [4.69, 9.17) is 14.2 Å². The highest BCUT2D eigenvalue weighted by Gasteiger charge is 2.18. The molecule has 0 radical (unpaired) electrons. The largest absolute Gasteiger partial charge is 0.456 e. The van der Waals surface area contributed by atoms with E-state index in [1.165, 1.54) is 0 Å². The summed E-state index contributed by atoms with van der Waals surface area (Å²) < 4.78 is 16.1. The van der Waals surface area contributed by atoms with E-state index in [1.54, 1.807) is 48.5 Å². The molecule has 150 valence electrons. The molecule has 6 heteroatoms. The van der Waals surface area contributed by atoms with Gasteiger partial charge in [-0.1, -0.05) is 54.6 Å². The van der Waals surface area contributed by atoms with Crippen LogP contribution in [0.25, 0.3) is 6.08 Å². The number of ether oxygens (including phenoxy) is 3. The van der Waals surface area contributed by atoms with Crippen molar-refractivity contribution in [2.24, 2.45) is 0 Å². The van der Waals surface area contributed by atoms with Crippen LogP contribution in [0.4, 0.5) is 0 Å². The Morgan fingerprint density at radius 2 is 1.60 bits per heavy atom. The summed E-state index contributed by atoms with van der Waals surface area (Å²) in [5, 5.41) is 2.66. The molecule has 0 aromatic heterocycles. The van der Waals surface area contributed by atoms with Gasteiger partial charge in [-0.05, 0) is 41.5 Å². The van der Waals surface area contributed by atoms with Gasteiger partial charge in [-0.25, -0.2) is 4.79 Å². The molecule has 0 fully saturated rings. The van der Waals surface area contributed by atoms with Crippen LogP contribution in [0.2, 0.25) is 0 Å². The quantitative estimate of drug-likeness (QED) is 0.500. The lowest BCUT2D eigenvalue weighted by Gasteiger charge is -2.11. The van der Waals surface area contributed by atoms with Crippen molar-refractivity contribution in [3.05, 3.63) is 101 Å². The van der Waals surface area contributed by atoms with E-state index in [9.17, 15) is 9.59 Å². The van der Waals surface area contributed by atoms with Crippen molar-refractivity contribution in [3.63, 3.8) is 0 Å². The van der Waals surface area contributed by atoms with Crippen molar-refractivity contribution < 1.29 is 23.8 Å². The van der Waals surface area contributed by atoms with Gasteiger partial charge in [0.25, 0.3) is 5.91 Å². The fourth-order valence-corrected chi connectivity index (χ4v) is 2.90. The first-order valence-electron chi connectivity index (χ1n) is 9.38. The van der Waals surface area contributed by atoms with E-state index in [-0.39, 0.29) is 19.1 Å². The molecule has 1 aliphatic rings. The van der Waals surface area contributed by atoms with Gasteiger partial charge in [0, 0.05) is 5.56 Å². The fraction of sp³-hybridized carbons (Fsp3) is 0.0833. The number of benzene rings is 3. The normalized spacial score (nSPS) is 12.3. The molecule has 0 unspecified atom stereocenters.